The van der Waals surface area contributed by atoms with E-state index in [2.05, 4.69) is 34.6 Å². The van der Waals surface area contributed by atoms with Gasteiger partial charge in [0.2, 0.25) is 0 Å². The van der Waals surface area contributed by atoms with Crippen LogP contribution < -0.4 is 5.32 Å². The lowest BCUT2D eigenvalue weighted by molar-refractivity contribution is -0.140. The fraction of sp³-hybridized carbons (Fsp3) is 0.250. The first-order valence-electron chi connectivity index (χ1n) is 10.7. The number of amides is 2. The number of alkyl carbamates (subject to hydrolysis) is 1. The standard InChI is InChI=1S/C24H21N3O5S2/c28-22(27-13-33-12-19(27)23(29)30)20-9-25-21(34-20)10-26-24(31)32-11-18-16-7-3-1-5-14(16)15-6-2-4-8-17(15)18/h1-9,18-19H,10-13H2,(H,26,31)(H,29,30). The third-order valence-electron chi connectivity index (χ3n) is 5.92. The summed E-state index contributed by atoms with van der Waals surface area (Å²) in [5.74, 6) is -0.693. The second-order valence-corrected chi connectivity index (χ2v) is 10.0. The molecule has 2 aliphatic rings. The fourth-order valence-corrected chi connectivity index (χ4v) is 6.24. The van der Waals surface area contributed by atoms with Crippen LogP contribution in [0, 0.1) is 0 Å². The summed E-state index contributed by atoms with van der Waals surface area (Å²) in [4.78, 5) is 42.3. The largest absolute Gasteiger partial charge is 0.480 e. The number of nitrogens with zero attached hydrogens (tertiary/aromatic N) is 2. The van der Waals surface area contributed by atoms with Gasteiger partial charge >= 0.3 is 12.1 Å². The number of fused-ring (bicyclic) bond motifs is 3. The molecule has 2 amide bonds. The monoisotopic (exact) mass is 495 g/mol. The molecule has 1 fully saturated rings. The maximum Gasteiger partial charge on any atom is 0.407 e. The van der Waals surface area contributed by atoms with Crippen molar-refractivity contribution in [3.63, 3.8) is 0 Å². The molecule has 34 heavy (non-hydrogen) atoms. The third kappa shape index (κ3) is 4.26. The van der Waals surface area contributed by atoms with E-state index in [9.17, 15) is 19.5 Å². The SMILES string of the molecule is O=C(NCc1ncc(C(=O)N2CSCC2C(=O)O)s1)OCC1c2ccccc2-c2ccccc21. The van der Waals surface area contributed by atoms with E-state index in [-0.39, 0.29) is 25.0 Å². The Hall–Kier alpha value is -3.37. The number of carboxylic acid groups (broad SMARTS) is 1. The van der Waals surface area contributed by atoms with Crippen molar-refractivity contribution in [1.29, 1.82) is 0 Å². The summed E-state index contributed by atoms with van der Waals surface area (Å²) in [7, 11) is 0. The van der Waals surface area contributed by atoms with Crippen molar-refractivity contribution in [2.75, 3.05) is 18.2 Å². The number of aromatic nitrogens is 1. The third-order valence-corrected chi connectivity index (χ3v) is 7.92. The molecule has 5 rings (SSSR count). The maximum absolute atomic E-state index is 12.7. The minimum absolute atomic E-state index is 0.0252. The molecule has 1 atom stereocenters. The van der Waals surface area contributed by atoms with Crippen molar-refractivity contribution in [2.45, 2.75) is 18.5 Å². The van der Waals surface area contributed by atoms with Crippen LogP contribution in [0.25, 0.3) is 11.1 Å². The summed E-state index contributed by atoms with van der Waals surface area (Å²) in [6, 6.07) is 15.4. The van der Waals surface area contributed by atoms with Gasteiger partial charge in [0.15, 0.2) is 0 Å². The van der Waals surface area contributed by atoms with Gasteiger partial charge in [0, 0.05) is 11.7 Å². The summed E-state index contributed by atoms with van der Waals surface area (Å²) >= 11 is 2.54. The number of thioether (sulfide) groups is 1. The van der Waals surface area contributed by atoms with Crippen LogP contribution in [-0.4, -0.2) is 57.2 Å². The molecular weight excluding hydrogens is 474 g/mol. The van der Waals surface area contributed by atoms with E-state index in [1.807, 2.05) is 24.3 Å². The molecular formula is C24H21N3O5S2. The van der Waals surface area contributed by atoms with Gasteiger partial charge in [-0.05, 0) is 22.3 Å². The van der Waals surface area contributed by atoms with Crippen molar-refractivity contribution < 1.29 is 24.2 Å². The van der Waals surface area contributed by atoms with Crippen LogP contribution in [0.1, 0.15) is 31.7 Å². The Bertz CT molecular complexity index is 1220. The van der Waals surface area contributed by atoms with Gasteiger partial charge in [-0.1, -0.05) is 48.5 Å². The first-order chi connectivity index (χ1) is 16.5. The number of hydrogen-bond acceptors (Lipinski definition) is 7. The lowest BCUT2D eigenvalue weighted by Crippen LogP contribution is -2.41. The Kier molecular flexibility index (Phi) is 6.25. The van der Waals surface area contributed by atoms with Crippen LogP contribution in [-0.2, 0) is 16.1 Å². The highest BCUT2D eigenvalue weighted by Crippen LogP contribution is 2.44. The number of carboxylic acids is 1. The number of aliphatic carboxylic acids is 1. The Labute approximate surface area is 204 Å². The Morgan fingerprint density at radius 2 is 1.76 bits per heavy atom. The molecule has 2 N–H and O–H groups in total. The molecule has 10 heteroatoms. The number of hydrogen-bond donors (Lipinski definition) is 2. The molecule has 1 aliphatic heterocycles. The first-order valence-corrected chi connectivity index (χ1v) is 12.6. The predicted molar refractivity (Wildman–Crippen MR) is 129 cm³/mol. The van der Waals surface area contributed by atoms with Gasteiger partial charge < -0.3 is 20.1 Å². The van der Waals surface area contributed by atoms with Crippen LogP contribution in [0.15, 0.2) is 54.7 Å². The van der Waals surface area contributed by atoms with Crippen LogP contribution in [0.3, 0.4) is 0 Å². The molecule has 0 radical (unpaired) electrons. The summed E-state index contributed by atoms with van der Waals surface area (Å²) in [6.45, 7) is 0.330. The van der Waals surface area contributed by atoms with Crippen molar-refractivity contribution in [3.05, 3.63) is 75.7 Å². The van der Waals surface area contributed by atoms with Crippen LogP contribution in [0.5, 0.6) is 0 Å². The Balaban J connectivity index is 1.17. The predicted octanol–water partition coefficient (Wildman–Crippen LogP) is 3.78. The number of carbonyl (C=O) groups excluding carboxylic acids is 2. The van der Waals surface area contributed by atoms with Crippen molar-refractivity contribution in [1.82, 2.24) is 15.2 Å². The van der Waals surface area contributed by atoms with E-state index in [1.165, 1.54) is 22.9 Å². The van der Waals surface area contributed by atoms with Crippen LogP contribution in [0.4, 0.5) is 4.79 Å². The van der Waals surface area contributed by atoms with Gasteiger partial charge in [-0.3, -0.25) is 4.79 Å². The zero-order valence-electron chi connectivity index (χ0n) is 18.0. The van der Waals surface area contributed by atoms with Crippen molar-refractivity contribution in [2.24, 2.45) is 0 Å². The minimum Gasteiger partial charge on any atom is -0.480 e. The molecule has 174 valence electrons. The normalized spacial score (nSPS) is 16.7. The molecule has 8 nitrogen and oxygen atoms in total. The van der Waals surface area contributed by atoms with Gasteiger partial charge in [-0.15, -0.1) is 23.1 Å². The van der Waals surface area contributed by atoms with Gasteiger partial charge in [0.1, 0.15) is 22.5 Å². The molecule has 1 aliphatic carbocycles. The van der Waals surface area contributed by atoms with E-state index >= 15 is 0 Å². The second-order valence-electron chi connectivity index (χ2n) is 7.93. The van der Waals surface area contributed by atoms with Crippen LogP contribution >= 0.6 is 23.1 Å². The zero-order chi connectivity index (χ0) is 23.7. The quantitative estimate of drug-likeness (QED) is 0.536. The lowest BCUT2D eigenvalue weighted by Gasteiger charge is -2.19. The molecule has 1 unspecified atom stereocenters. The van der Waals surface area contributed by atoms with Crippen molar-refractivity contribution >= 4 is 41.1 Å². The highest BCUT2D eigenvalue weighted by molar-refractivity contribution is 7.99. The topological polar surface area (TPSA) is 109 Å². The molecule has 1 aromatic heterocycles. The lowest BCUT2D eigenvalue weighted by atomic mass is 9.98. The van der Waals surface area contributed by atoms with Gasteiger partial charge in [0.25, 0.3) is 5.91 Å². The Morgan fingerprint density at radius 1 is 1.09 bits per heavy atom. The summed E-state index contributed by atoms with van der Waals surface area (Å²) in [6.07, 6.45) is 0.857. The van der Waals surface area contributed by atoms with Crippen LogP contribution in [0.2, 0.25) is 0 Å². The summed E-state index contributed by atoms with van der Waals surface area (Å²) in [5, 5.41) is 12.5. The minimum atomic E-state index is -1.01. The highest BCUT2D eigenvalue weighted by atomic mass is 32.2. The Morgan fingerprint density at radius 3 is 2.44 bits per heavy atom. The number of thiazole rings is 1. The van der Waals surface area contributed by atoms with Gasteiger partial charge in [-0.25, -0.2) is 14.6 Å². The molecule has 1 saturated heterocycles. The van der Waals surface area contributed by atoms with E-state index in [0.29, 0.717) is 21.5 Å². The molecule has 0 saturated carbocycles. The zero-order valence-corrected chi connectivity index (χ0v) is 19.6. The molecule has 0 bridgehead atoms. The smallest absolute Gasteiger partial charge is 0.407 e. The summed E-state index contributed by atoms with van der Waals surface area (Å²) in [5.41, 5.74) is 4.60. The molecule has 2 aromatic carbocycles. The summed E-state index contributed by atoms with van der Waals surface area (Å²) < 4.78 is 5.52. The highest BCUT2D eigenvalue weighted by Gasteiger charge is 2.35. The second kappa shape index (κ2) is 9.47. The number of benzene rings is 2. The van der Waals surface area contributed by atoms with Crippen molar-refractivity contribution in [3.8, 4) is 11.1 Å². The average molecular weight is 496 g/mol. The van der Waals surface area contributed by atoms with E-state index in [1.54, 1.807) is 0 Å². The number of rotatable bonds is 6. The average Bonchev–Trinajstić information content (AvgIpc) is 3.59. The number of ether oxygens (including phenoxy) is 1. The first kappa shape index (κ1) is 22.4. The van der Waals surface area contributed by atoms with E-state index in [4.69, 9.17) is 4.74 Å². The van der Waals surface area contributed by atoms with E-state index in [0.717, 1.165) is 33.6 Å². The number of carbonyl (C=O) groups is 3. The molecule has 0 spiro atoms. The van der Waals surface area contributed by atoms with E-state index < -0.39 is 18.1 Å². The molecule has 3 aromatic rings. The number of nitrogens with one attached hydrogen (secondary N) is 1. The maximum atomic E-state index is 12.7. The van der Waals surface area contributed by atoms with Gasteiger partial charge in [-0.2, -0.15) is 0 Å². The molecule has 2 heterocycles. The van der Waals surface area contributed by atoms with Gasteiger partial charge in [0.05, 0.1) is 18.6 Å². The fourth-order valence-electron chi connectivity index (χ4n) is 4.28.